The van der Waals surface area contributed by atoms with E-state index in [2.05, 4.69) is 15.5 Å². The third-order valence-electron chi connectivity index (χ3n) is 4.10. The first kappa shape index (κ1) is 13.7. The van der Waals surface area contributed by atoms with E-state index in [9.17, 15) is 14.3 Å². The van der Waals surface area contributed by atoms with Gasteiger partial charge in [0.1, 0.15) is 5.82 Å². The standard InChI is InChI=1S/C14H15FN4O2/c15-11-4-2-10(3-5-11)8-12-16-17-18-19(12)9-14(13(20)21)6-1-7-14/h2-5H,1,6-9H2,(H,20,21). The molecule has 0 bridgehead atoms. The van der Waals surface area contributed by atoms with Crippen LogP contribution in [0.5, 0.6) is 0 Å². The highest BCUT2D eigenvalue weighted by Gasteiger charge is 2.45. The minimum atomic E-state index is -0.794. The molecule has 0 amide bonds. The SMILES string of the molecule is O=C(O)C1(Cn2nnnc2Cc2ccc(F)cc2)CCC1. The summed E-state index contributed by atoms with van der Waals surface area (Å²) >= 11 is 0. The minimum absolute atomic E-state index is 0.284. The summed E-state index contributed by atoms with van der Waals surface area (Å²) in [5.41, 5.74) is 0.137. The Morgan fingerprint density at radius 3 is 2.62 bits per heavy atom. The average molecular weight is 290 g/mol. The number of carboxylic acid groups (broad SMARTS) is 1. The van der Waals surface area contributed by atoms with Crippen LogP contribution in [0.25, 0.3) is 0 Å². The molecule has 0 spiro atoms. The van der Waals surface area contributed by atoms with Crippen molar-refractivity contribution in [2.45, 2.75) is 32.2 Å². The van der Waals surface area contributed by atoms with Gasteiger partial charge in [0.2, 0.25) is 0 Å². The number of halogens is 1. The lowest BCUT2D eigenvalue weighted by Crippen LogP contribution is -2.42. The summed E-state index contributed by atoms with van der Waals surface area (Å²) in [6.07, 6.45) is 2.67. The molecule has 0 atom stereocenters. The molecule has 1 saturated carbocycles. The molecule has 6 nitrogen and oxygen atoms in total. The van der Waals surface area contributed by atoms with E-state index in [4.69, 9.17) is 0 Å². The number of aliphatic carboxylic acids is 1. The van der Waals surface area contributed by atoms with Crippen molar-refractivity contribution in [1.82, 2.24) is 20.2 Å². The second-order valence-corrected chi connectivity index (χ2v) is 5.50. The maximum Gasteiger partial charge on any atom is 0.311 e. The maximum absolute atomic E-state index is 12.9. The fraction of sp³-hybridized carbons (Fsp3) is 0.429. The quantitative estimate of drug-likeness (QED) is 0.905. The van der Waals surface area contributed by atoms with Crippen LogP contribution in [-0.4, -0.2) is 31.3 Å². The summed E-state index contributed by atoms with van der Waals surface area (Å²) in [5, 5.41) is 20.9. The summed E-state index contributed by atoms with van der Waals surface area (Å²) in [5.74, 6) is -0.497. The topological polar surface area (TPSA) is 80.9 Å². The van der Waals surface area contributed by atoms with E-state index in [-0.39, 0.29) is 12.4 Å². The number of carbonyl (C=O) groups is 1. The zero-order chi connectivity index (χ0) is 14.9. The molecular weight excluding hydrogens is 275 g/mol. The van der Waals surface area contributed by atoms with Crippen molar-refractivity contribution in [3.05, 3.63) is 41.5 Å². The van der Waals surface area contributed by atoms with Crippen molar-refractivity contribution >= 4 is 5.97 Å². The van der Waals surface area contributed by atoms with E-state index in [0.717, 1.165) is 12.0 Å². The van der Waals surface area contributed by atoms with Crippen LogP contribution in [0.3, 0.4) is 0 Å². The predicted octanol–water partition coefficient (Wildman–Crippen LogP) is 1.66. The highest BCUT2D eigenvalue weighted by Crippen LogP contribution is 2.42. The van der Waals surface area contributed by atoms with E-state index < -0.39 is 11.4 Å². The molecule has 1 aromatic heterocycles. The van der Waals surface area contributed by atoms with Crippen LogP contribution < -0.4 is 0 Å². The largest absolute Gasteiger partial charge is 0.481 e. The number of hydrogen-bond acceptors (Lipinski definition) is 4. The number of carboxylic acids is 1. The summed E-state index contributed by atoms with van der Waals surface area (Å²) in [6.45, 7) is 0.284. The lowest BCUT2D eigenvalue weighted by atomic mass is 9.69. The first-order chi connectivity index (χ1) is 10.1. The van der Waals surface area contributed by atoms with Crippen LogP contribution in [-0.2, 0) is 17.8 Å². The van der Waals surface area contributed by atoms with Gasteiger partial charge >= 0.3 is 5.97 Å². The normalized spacial score (nSPS) is 16.4. The van der Waals surface area contributed by atoms with Gasteiger partial charge in [0.25, 0.3) is 0 Å². The maximum atomic E-state index is 12.9. The van der Waals surface area contributed by atoms with Crippen molar-refractivity contribution in [3.8, 4) is 0 Å². The summed E-state index contributed by atoms with van der Waals surface area (Å²) < 4.78 is 14.5. The molecule has 1 aromatic carbocycles. The van der Waals surface area contributed by atoms with Gasteiger partial charge in [-0.3, -0.25) is 4.79 Å². The Morgan fingerprint density at radius 1 is 1.33 bits per heavy atom. The van der Waals surface area contributed by atoms with Crippen molar-refractivity contribution in [3.63, 3.8) is 0 Å². The van der Waals surface area contributed by atoms with Crippen molar-refractivity contribution in [1.29, 1.82) is 0 Å². The third-order valence-corrected chi connectivity index (χ3v) is 4.10. The van der Waals surface area contributed by atoms with Crippen LogP contribution in [0.1, 0.15) is 30.7 Å². The number of nitrogens with zero attached hydrogens (tertiary/aromatic N) is 4. The number of benzene rings is 1. The molecule has 21 heavy (non-hydrogen) atoms. The minimum Gasteiger partial charge on any atom is -0.481 e. The van der Waals surface area contributed by atoms with E-state index in [1.165, 1.54) is 12.1 Å². The van der Waals surface area contributed by atoms with Crippen molar-refractivity contribution in [2.24, 2.45) is 5.41 Å². The molecule has 3 rings (SSSR count). The lowest BCUT2D eigenvalue weighted by Gasteiger charge is -2.37. The highest BCUT2D eigenvalue weighted by molar-refractivity contribution is 5.75. The van der Waals surface area contributed by atoms with Gasteiger partial charge in [-0.15, -0.1) is 5.10 Å². The molecule has 1 N–H and O–H groups in total. The second-order valence-electron chi connectivity index (χ2n) is 5.50. The Bertz CT molecular complexity index is 649. The van der Waals surface area contributed by atoms with E-state index >= 15 is 0 Å². The third kappa shape index (κ3) is 2.63. The Hall–Kier alpha value is -2.31. The Labute approximate surface area is 120 Å². The molecule has 0 unspecified atom stereocenters. The number of tetrazole rings is 1. The van der Waals surface area contributed by atoms with Crippen LogP contribution in [0.15, 0.2) is 24.3 Å². The molecule has 0 radical (unpaired) electrons. The zero-order valence-corrected chi connectivity index (χ0v) is 11.4. The van der Waals surface area contributed by atoms with Crippen LogP contribution in [0, 0.1) is 11.2 Å². The van der Waals surface area contributed by atoms with Crippen LogP contribution >= 0.6 is 0 Å². The fourth-order valence-corrected chi connectivity index (χ4v) is 2.59. The fourth-order valence-electron chi connectivity index (χ4n) is 2.59. The zero-order valence-electron chi connectivity index (χ0n) is 11.4. The lowest BCUT2D eigenvalue weighted by molar-refractivity contribution is -0.156. The Kier molecular flexibility index (Phi) is 3.40. The van der Waals surface area contributed by atoms with Gasteiger partial charge in [-0.05, 0) is 41.0 Å². The van der Waals surface area contributed by atoms with E-state index in [1.54, 1.807) is 16.8 Å². The first-order valence-corrected chi connectivity index (χ1v) is 6.82. The number of hydrogen-bond donors (Lipinski definition) is 1. The van der Waals surface area contributed by atoms with Gasteiger partial charge in [0.15, 0.2) is 5.82 Å². The Morgan fingerprint density at radius 2 is 2.05 bits per heavy atom. The summed E-state index contributed by atoms with van der Waals surface area (Å²) in [6, 6.07) is 6.11. The number of aromatic nitrogens is 4. The molecule has 2 aromatic rings. The molecular formula is C14H15FN4O2. The summed E-state index contributed by atoms with van der Waals surface area (Å²) in [4.78, 5) is 11.4. The van der Waals surface area contributed by atoms with Gasteiger partial charge in [0, 0.05) is 6.42 Å². The second kappa shape index (κ2) is 5.23. The smallest absolute Gasteiger partial charge is 0.311 e. The average Bonchev–Trinajstić information content (AvgIpc) is 2.83. The molecule has 0 saturated heterocycles. The van der Waals surface area contributed by atoms with Crippen LogP contribution in [0.2, 0.25) is 0 Å². The Balaban J connectivity index is 1.78. The van der Waals surface area contributed by atoms with Gasteiger partial charge < -0.3 is 5.11 Å². The monoisotopic (exact) mass is 290 g/mol. The first-order valence-electron chi connectivity index (χ1n) is 6.82. The molecule has 110 valence electrons. The molecule has 1 aliphatic rings. The van der Waals surface area contributed by atoms with Gasteiger partial charge in [-0.25, -0.2) is 9.07 Å². The summed E-state index contributed by atoms with van der Waals surface area (Å²) in [7, 11) is 0. The molecule has 1 fully saturated rings. The molecule has 0 aliphatic heterocycles. The van der Waals surface area contributed by atoms with E-state index in [0.29, 0.717) is 25.1 Å². The predicted molar refractivity (Wildman–Crippen MR) is 70.9 cm³/mol. The van der Waals surface area contributed by atoms with Crippen LogP contribution in [0.4, 0.5) is 4.39 Å². The van der Waals surface area contributed by atoms with Crippen molar-refractivity contribution < 1.29 is 14.3 Å². The highest BCUT2D eigenvalue weighted by atomic mass is 19.1. The molecule has 1 heterocycles. The van der Waals surface area contributed by atoms with Gasteiger partial charge in [0.05, 0.1) is 12.0 Å². The molecule has 7 heteroatoms. The number of rotatable bonds is 5. The van der Waals surface area contributed by atoms with Gasteiger partial charge in [-0.2, -0.15) is 0 Å². The molecule has 1 aliphatic carbocycles. The van der Waals surface area contributed by atoms with Crippen molar-refractivity contribution in [2.75, 3.05) is 0 Å². The van der Waals surface area contributed by atoms with Gasteiger partial charge in [-0.1, -0.05) is 18.6 Å². The van der Waals surface area contributed by atoms with E-state index in [1.807, 2.05) is 0 Å².